The molecule has 0 N–H and O–H groups in total. The Morgan fingerprint density at radius 3 is 2.73 bits per heavy atom. The number of likely N-dealkylation sites (N-methyl/N-ethyl adjacent to an activating group) is 1. The first kappa shape index (κ1) is 14.2. The fraction of sp³-hybridized carbons (Fsp3) is 0.611. The van der Waals surface area contributed by atoms with E-state index in [4.69, 9.17) is 4.74 Å². The van der Waals surface area contributed by atoms with Gasteiger partial charge in [0.1, 0.15) is 5.60 Å². The Hall–Kier alpha value is -1.39. The van der Waals surface area contributed by atoms with E-state index in [-0.39, 0.29) is 5.60 Å². The number of carbonyl (C=O) groups excluding carboxylic acids is 1. The van der Waals surface area contributed by atoms with Crippen LogP contribution in [0.5, 0.6) is 0 Å². The molecule has 2 heterocycles. The number of ether oxygens (including phenoxy) is 1. The van der Waals surface area contributed by atoms with Crippen LogP contribution in [0.25, 0.3) is 0 Å². The Morgan fingerprint density at radius 2 is 2.05 bits per heavy atom. The fourth-order valence-electron chi connectivity index (χ4n) is 3.72. The predicted molar refractivity (Wildman–Crippen MR) is 84.3 cm³/mol. The zero-order chi connectivity index (χ0) is 15.2. The van der Waals surface area contributed by atoms with Crippen molar-refractivity contribution in [1.29, 1.82) is 0 Å². The minimum atomic E-state index is -0.0554. The van der Waals surface area contributed by atoms with Crippen LogP contribution in [0.15, 0.2) is 30.3 Å². The molecule has 1 unspecified atom stereocenters. The monoisotopic (exact) mass is 300 g/mol. The van der Waals surface area contributed by atoms with Crippen molar-refractivity contribution < 1.29 is 9.53 Å². The van der Waals surface area contributed by atoms with E-state index in [0.717, 1.165) is 45.5 Å². The lowest BCUT2D eigenvalue weighted by Crippen LogP contribution is -2.63. The number of rotatable bonds is 4. The molecule has 0 aromatic heterocycles. The lowest BCUT2D eigenvalue weighted by molar-refractivity contribution is -0.159. The van der Waals surface area contributed by atoms with Crippen LogP contribution in [-0.4, -0.2) is 54.1 Å². The molecule has 1 amide bonds. The number of nitrogens with zero attached hydrogens (tertiary/aromatic N) is 2. The zero-order valence-electron chi connectivity index (χ0n) is 13.2. The third kappa shape index (κ3) is 2.66. The van der Waals surface area contributed by atoms with E-state index in [1.165, 1.54) is 5.56 Å². The molecule has 3 aliphatic rings. The summed E-state index contributed by atoms with van der Waals surface area (Å²) < 4.78 is 6.09. The van der Waals surface area contributed by atoms with Crippen molar-refractivity contribution in [3.8, 4) is 0 Å². The Labute approximate surface area is 132 Å². The van der Waals surface area contributed by atoms with Crippen molar-refractivity contribution in [2.45, 2.75) is 37.5 Å². The Morgan fingerprint density at radius 1 is 1.32 bits per heavy atom. The molecule has 0 bridgehead atoms. The molecule has 2 aliphatic heterocycles. The van der Waals surface area contributed by atoms with E-state index >= 15 is 0 Å². The second-order valence-corrected chi connectivity index (χ2v) is 7.22. The maximum atomic E-state index is 12.0. The van der Waals surface area contributed by atoms with Crippen molar-refractivity contribution in [3.63, 3.8) is 0 Å². The molecule has 1 saturated carbocycles. The van der Waals surface area contributed by atoms with Gasteiger partial charge in [0.25, 0.3) is 0 Å². The van der Waals surface area contributed by atoms with Crippen LogP contribution >= 0.6 is 0 Å². The van der Waals surface area contributed by atoms with Crippen LogP contribution in [-0.2, 0) is 16.1 Å². The highest BCUT2D eigenvalue weighted by molar-refractivity contribution is 5.82. The summed E-state index contributed by atoms with van der Waals surface area (Å²) >= 11 is 0. The highest BCUT2D eigenvalue weighted by Gasteiger charge is 2.53. The van der Waals surface area contributed by atoms with E-state index in [1.807, 2.05) is 4.90 Å². The van der Waals surface area contributed by atoms with Crippen molar-refractivity contribution >= 4 is 5.91 Å². The van der Waals surface area contributed by atoms with Gasteiger partial charge in [0.15, 0.2) is 0 Å². The second kappa shape index (κ2) is 5.36. The topological polar surface area (TPSA) is 32.8 Å². The Bertz CT molecular complexity index is 549. The number of hydrogen-bond donors (Lipinski definition) is 0. The molecule has 3 fully saturated rings. The SMILES string of the molecule is CN(Cc1ccccc1)C1COC2(C1)CN(C(=O)C1CC1)C2. The Balaban J connectivity index is 1.30. The van der Waals surface area contributed by atoms with Gasteiger partial charge in [-0.2, -0.15) is 0 Å². The van der Waals surface area contributed by atoms with Crippen LogP contribution in [0.1, 0.15) is 24.8 Å². The first-order chi connectivity index (χ1) is 10.7. The number of amides is 1. The second-order valence-electron chi connectivity index (χ2n) is 7.22. The number of hydrogen-bond acceptors (Lipinski definition) is 3. The van der Waals surface area contributed by atoms with Gasteiger partial charge in [-0.05, 0) is 31.9 Å². The Kier molecular flexibility index (Phi) is 3.46. The van der Waals surface area contributed by atoms with Crippen LogP contribution in [0.3, 0.4) is 0 Å². The normalized spacial score (nSPS) is 26.5. The summed E-state index contributed by atoms with van der Waals surface area (Å²) in [6, 6.07) is 11.0. The highest BCUT2D eigenvalue weighted by Crippen LogP contribution is 2.40. The number of likely N-dealkylation sites (tertiary alicyclic amines) is 1. The van der Waals surface area contributed by atoms with Crippen molar-refractivity contribution in [2.24, 2.45) is 5.92 Å². The molecular formula is C18H24N2O2. The summed E-state index contributed by atoms with van der Waals surface area (Å²) in [6.45, 7) is 3.35. The van der Waals surface area contributed by atoms with E-state index in [0.29, 0.717) is 17.9 Å². The van der Waals surface area contributed by atoms with Gasteiger partial charge in [-0.15, -0.1) is 0 Å². The van der Waals surface area contributed by atoms with Gasteiger partial charge in [0.2, 0.25) is 5.91 Å². The van der Waals surface area contributed by atoms with Gasteiger partial charge in [-0.3, -0.25) is 9.69 Å². The quantitative estimate of drug-likeness (QED) is 0.851. The molecule has 1 spiro atoms. The van der Waals surface area contributed by atoms with Gasteiger partial charge in [0.05, 0.1) is 19.7 Å². The summed E-state index contributed by atoms with van der Waals surface area (Å²) in [6.07, 6.45) is 3.22. The fourth-order valence-corrected chi connectivity index (χ4v) is 3.72. The van der Waals surface area contributed by atoms with Crippen molar-refractivity contribution in [3.05, 3.63) is 35.9 Å². The zero-order valence-corrected chi connectivity index (χ0v) is 13.2. The van der Waals surface area contributed by atoms with Gasteiger partial charge in [-0.25, -0.2) is 0 Å². The number of benzene rings is 1. The van der Waals surface area contributed by atoms with Crippen molar-refractivity contribution in [2.75, 3.05) is 26.7 Å². The summed E-state index contributed by atoms with van der Waals surface area (Å²) in [5.74, 6) is 0.686. The first-order valence-electron chi connectivity index (χ1n) is 8.32. The van der Waals surface area contributed by atoms with Crippen molar-refractivity contribution in [1.82, 2.24) is 9.80 Å². The third-order valence-electron chi connectivity index (χ3n) is 5.28. The van der Waals surface area contributed by atoms with Gasteiger partial charge in [0, 0.05) is 18.5 Å². The number of carbonyl (C=O) groups is 1. The lowest BCUT2D eigenvalue weighted by atomic mass is 9.88. The van der Waals surface area contributed by atoms with Gasteiger partial charge < -0.3 is 9.64 Å². The minimum absolute atomic E-state index is 0.0554. The molecule has 1 aromatic carbocycles. The molecule has 1 aliphatic carbocycles. The molecule has 118 valence electrons. The van der Waals surface area contributed by atoms with Crippen LogP contribution in [0.2, 0.25) is 0 Å². The van der Waals surface area contributed by atoms with Crippen LogP contribution < -0.4 is 0 Å². The summed E-state index contributed by atoms with van der Waals surface area (Å²) in [4.78, 5) is 16.4. The summed E-state index contributed by atoms with van der Waals surface area (Å²) in [5, 5.41) is 0. The van der Waals surface area contributed by atoms with Crippen LogP contribution in [0, 0.1) is 5.92 Å². The van der Waals surface area contributed by atoms with E-state index in [1.54, 1.807) is 0 Å². The average molecular weight is 300 g/mol. The lowest BCUT2D eigenvalue weighted by Gasteiger charge is -2.47. The maximum absolute atomic E-state index is 12.0. The highest BCUT2D eigenvalue weighted by atomic mass is 16.5. The average Bonchev–Trinajstić information content (AvgIpc) is 3.24. The molecule has 22 heavy (non-hydrogen) atoms. The summed E-state index contributed by atoms with van der Waals surface area (Å²) in [5.41, 5.74) is 1.28. The van der Waals surface area contributed by atoms with E-state index < -0.39 is 0 Å². The molecule has 4 rings (SSSR count). The van der Waals surface area contributed by atoms with Gasteiger partial charge >= 0.3 is 0 Å². The molecule has 1 atom stereocenters. The first-order valence-corrected chi connectivity index (χ1v) is 8.32. The van der Waals surface area contributed by atoms with Gasteiger partial charge in [-0.1, -0.05) is 30.3 Å². The molecular weight excluding hydrogens is 276 g/mol. The largest absolute Gasteiger partial charge is 0.370 e. The van der Waals surface area contributed by atoms with E-state index in [9.17, 15) is 4.79 Å². The smallest absolute Gasteiger partial charge is 0.225 e. The predicted octanol–water partition coefficient (Wildman–Crippen LogP) is 1.90. The minimum Gasteiger partial charge on any atom is -0.370 e. The maximum Gasteiger partial charge on any atom is 0.225 e. The third-order valence-corrected chi connectivity index (χ3v) is 5.28. The molecule has 4 nitrogen and oxygen atoms in total. The summed E-state index contributed by atoms with van der Waals surface area (Å²) in [7, 11) is 2.17. The van der Waals surface area contributed by atoms with Crippen LogP contribution in [0.4, 0.5) is 0 Å². The molecule has 1 aromatic rings. The molecule has 0 radical (unpaired) electrons. The standard InChI is InChI=1S/C18H24N2O2/c1-19(10-14-5-3-2-4-6-14)16-9-18(22-11-16)12-20(13-18)17(21)15-7-8-15/h2-6,15-16H,7-13H2,1H3. The molecule has 4 heteroatoms. The van der Waals surface area contributed by atoms with E-state index in [2.05, 4.69) is 42.3 Å². The molecule has 2 saturated heterocycles.